The molecule has 3 aromatic carbocycles. The fraction of sp³-hybridized carbons (Fsp3) is 0.0400. The molecule has 1 amide bonds. The molecule has 186 valence electrons. The summed E-state index contributed by atoms with van der Waals surface area (Å²) >= 11 is 0.638. The van der Waals surface area contributed by atoms with Crippen molar-refractivity contribution in [3.05, 3.63) is 112 Å². The van der Waals surface area contributed by atoms with E-state index < -0.39 is 22.7 Å². The minimum absolute atomic E-state index is 0.0333. The fourth-order valence-electron chi connectivity index (χ4n) is 3.13. The van der Waals surface area contributed by atoms with Crippen molar-refractivity contribution in [3.63, 3.8) is 0 Å². The van der Waals surface area contributed by atoms with Crippen molar-refractivity contribution in [3.8, 4) is 11.3 Å². The standard InChI is InChI=1S/C25H16F3N5O3S/c26-25(27,28)22-14-19(17-7-3-1-4-8-17)30-24(31-22)37-21-12-11-16(13-20(21)33(35)36)15-29-32-23(34)18-9-5-2-6-10-18/h1-15H,(H,32,34)/b29-15+. The van der Waals surface area contributed by atoms with Gasteiger partial charge in [0.15, 0.2) is 5.16 Å². The summed E-state index contributed by atoms with van der Waals surface area (Å²) in [5.41, 5.74) is 1.92. The van der Waals surface area contributed by atoms with E-state index in [9.17, 15) is 28.1 Å². The molecule has 37 heavy (non-hydrogen) atoms. The largest absolute Gasteiger partial charge is 0.433 e. The number of carbonyl (C=O) groups excluding carboxylic acids is 1. The van der Waals surface area contributed by atoms with Gasteiger partial charge in [0.05, 0.1) is 21.7 Å². The number of aromatic nitrogens is 2. The highest BCUT2D eigenvalue weighted by Crippen LogP contribution is 2.37. The Bertz CT molecular complexity index is 1470. The minimum atomic E-state index is -4.74. The zero-order valence-corrected chi connectivity index (χ0v) is 19.5. The Balaban J connectivity index is 1.60. The monoisotopic (exact) mass is 523 g/mol. The van der Waals surface area contributed by atoms with Crippen LogP contribution in [0, 0.1) is 10.1 Å². The summed E-state index contributed by atoms with van der Waals surface area (Å²) in [5, 5.41) is 15.2. The number of benzene rings is 3. The SMILES string of the molecule is O=C(N/N=C/c1ccc(Sc2nc(-c3ccccc3)cc(C(F)(F)F)n2)c([N+](=O)[O-])c1)c1ccccc1. The second-order valence-electron chi connectivity index (χ2n) is 7.44. The van der Waals surface area contributed by atoms with E-state index in [0.717, 1.165) is 6.07 Å². The summed E-state index contributed by atoms with van der Waals surface area (Å²) < 4.78 is 40.5. The molecule has 0 radical (unpaired) electrons. The molecule has 1 heterocycles. The lowest BCUT2D eigenvalue weighted by molar-refractivity contribution is -0.387. The Morgan fingerprint density at radius 3 is 2.30 bits per heavy atom. The van der Waals surface area contributed by atoms with Crippen LogP contribution in [0.25, 0.3) is 11.3 Å². The molecule has 0 saturated heterocycles. The molecule has 8 nitrogen and oxygen atoms in total. The third-order valence-electron chi connectivity index (χ3n) is 4.86. The molecular formula is C25H16F3N5O3S. The molecule has 12 heteroatoms. The normalized spacial score (nSPS) is 11.4. The lowest BCUT2D eigenvalue weighted by Gasteiger charge is -2.11. The smallest absolute Gasteiger partial charge is 0.267 e. The first-order valence-electron chi connectivity index (χ1n) is 10.6. The van der Waals surface area contributed by atoms with Gasteiger partial charge in [0.2, 0.25) is 0 Å². The summed E-state index contributed by atoms with van der Waals surface area (Å²) in [6, 6.07) is 21.4. The predicted octanol–water partition coefficient (Wildman–Crippen LogP) is 5.99. The van der Waals surface area contributed by atoms with Crippen LogP contribution in [0.15, 0.2) is 100 Å². The molecule has 0 aliphatic heterocycles. The molecule has 4 aromatic rings. The van der Waals surface area contributed by atoms with E-state index in [1.54, 1.807) is 60.7 Å². The number of halogens is 3. The molecule has 0 saturated carbocycles. The van der Waals surface area contributed by atoms with Crippen LogP contribution in [0.2, 0.25) is 0 Å². The average Bonchev–Trinajstić information content (AvgIpc) is 2.89. The first-order chi connectivity index (χ1) is 17.7. The van der Waals surface area contributed by atoms with E-state index in [2.05, 4.69) is 20.5 Å². The van der Waals surface area contributed by atoms with Gasteiger partial charge in [0.1, 0.15) is 5.69 Å². The molecule has 0 fully saturated rings. The second-order valence-corrected chi connectivity index (χ2v) is 8.45. The Morgan fingerprint density at radius 1 is 0.973 bits per heavy atom. The number of rotatable bonds is 7. The Morgan fingerprint density at radius 2 is 1.65 bits per heavy atom. The van der Waals surface area contributed by atoms with Gasteiger partial charge in [-0.15, -0.1) is 0 Å². The molecule has 0 atom stereocenters. The third-order valence-corrected chi connectivity index (χ3v) is 5.79. The molecule has 0 aliphatic carbocycles. The fourth-order valence-corrected chi connectivity index (χ4v) is 3.99. The number of alkyl halides is 3. The van der Waals surface area contributed by atoms with Crippen LogP contribution in [0.3, 0.4) is 0 Å². The summed E-state index contributed by atoms with van der Waals surface area (Å²) in [7, 11) is 0. The average molecular weight is 523 g/mol. The molecule has 0 spiro atoms. The van der Waals surface area contributed by atoms with Crippen LogP contribution in [0.1, 0.15) is 21.6 Å². The van der Waals surface area contributed by atoms with Gasteiger partial charge in [-0.05, 0) is 36.0 Å². The Kier molecular flexibility index (Phi) is 7.58. The van der Waals surface area contributed by atoms with E-state index in [0.29, 0.717) is 28.5 Å². The van der Waals surface area contributed by atoms with Crippen molar-refractivity contribution < 1.29 is 22.9 Å². The predicted molar refractivity (Wildman–Crippen MR) is 131 cm³/mol. The number of nitro benzene ring substituents is 1. The van der Waals surface area contributed by atoms with Gasteiger partial charge in [0, 0.05) is 22.8 Å². The molecule has 1 N–H and O–H groups in total. The second kappa shape index (κ2) is 11.0. The highest BCUT2D eigenvalue weighted by atomic mass is 32.2. The molecule has 1 aromatic heterocycles. The zero-order chi connectivity index (χ0) is 26.4. The lowest BCUT2D eigenvalue weighted by atomic mass is 10.1. The van der Waals surface area contributed by atoms with Crippen molar-refractivity contribution in [1.82, 2.24) is 15.4 Å². The van der Waals surface area contributed by atoms with Gasteiger partial charge in [-0.3, -0.25) is 14.9 Å². The van der Waals surface area contributed by atoms with E-state index in [1.165, 1.54) is 24.4 Å². The van der Waals surface area contributed by atoms with Gasteiger partial charge >= 0.3 is 6.18 Å². The minimum Gasteiger partial charge on any atom is -0.267 e. The van der Waals surface area contributed by atoms with E-state index in [4.69, 9.17) is 0 Å². The van der Waals surface area contributed by atoms with Crippen LogP contribution >= 0.6 is 11.8 Å². The molecular weight excluding hydrogens is 507 g/mol. The van der Waals surface area contributed by atoms with Crippen molar-refractivity contribution in [2.75, 3.05) is 0 Å². The van der Waals surface area contributed by atoms with Crippen molar-refractivity contribution in [1.29, 1.82) is 0 Å². The number of nitro groups is 1. The van der Waals surface area contributed by atoms with Crippen LogP contribution in [0.4, 0.5) is 18.9 Å². The number of amides is 1. The van der Waals surface area contributed by atoms with Crippen molar-refractivity contribution in [2.24, 2.45) is 5.10 Å². The van der Waals surface area contributed by atoms with Gasteiger partial charge < -0.3 is 0 Å². The van der Waals surface area contributed by atoms with E-state index in [-0.39, 0.29) is 21.4 Å². The summed E-state index contributed by atoms with van der Waals surface area (Å²) in [6.07, 6.45) is -3.52. The topological polar surface area (TPSA) is 110 Å². The molecule has 0 aliphatic rings. The quantitative estimate of drug-likeness (QED) is 0.138. The van der Waals surface area contributed by atoms with E-state index >= 15 is 0 Å². The number of hydrogen-bond acceptors (Lipinski definition) is 7. The van der Waals surface area contributed by atoms with Gasteiger partial charge in [0.25, 0.3) is 11.6 Å². The van der Waals surface area contributed by atoms with Crippen LogP contribution in [0.5, 0.6) is 0 Å². The molecule has 0 unspecified atom stereocenters. The van der Waals surface area contributed by atoms with Crippen LogP contribution in [-0.2, 0) is 6.18 Å². The molecule has 4 rings (SSSR count). The lowest BCUT2D eigenvalue weighted by Crippen LogP contribution is -2.17. The number of hydrogen-bond donors (Lipinski definition) is 1. The van der Waals surface area contributed by atoms with Crippen LogP contribution in [-0.4, -0.2) is 27.0 Å². The summed E-state index contributed by atoms with van der Waals surface area (Å²) in [4.78, 5) is 30.9. The maximum Gasteiger partial charge on any atom is 0.433 e. The van der Waals surface area contributed by atoms with Gasteiger partial charge in [-0.25, -0.2) is 15.4 Å². The van der Waals surface area contributed by atoms with Crippen LogP contribution < -0.4 is 5.43 Å². The zero-order valence-electron chi connectivity index (χ0n) is 18.7. The number of nitrogens with zero attached hydrogens (tertiary/aromatic N) is 4. The highest BCUT2D eigenvalue weighted by Gasteiger charge is 2.34. The number of hydrazone groups is 1. The number of carbonyl (C=O) groups is 1. The molecule has 0 bridgehead atoms. The maximum atomic E-state index is 13.5. The first-order valence-corrected chi connectivity index (χ1v) is 11.4. The Hall–Kier alpha value is -4.58. The van der Waals surface area contributed by atoms with E-state index in [1.807, 2.05) is 0 Å². The Labute approximate surface area is 212 Å². The van der Waals surface area contributed by atoms with Gasteiger partial charge in [-0.2, -0.15) is 18.3 Å². The summed E-state index contributed by atoms with van der Waals surface area (Å²) in [5.74, 6) is -0.463. The van der Waals surface area contributed by atoms with Crippen molar-refractivity contribution in [2.45, 2.75) is 16.2 Å². The first kappa shape index (κ1) is 25.5. The highest BCUT2D eigenvalue weighted by molar-refractivity contribution is 7.99. The number of nitrogens with one attached hydrogen (secondary N) is 1. The third kappa shape index (κ3) is 6.55. The van der Waals surface area contributed by atoms with Gasteiger partial charge in [-0.1, -0.05) is 54.6 Å². The summed E-state index contributed by atoms with van der Waals surface area (Å²) in [6.45, 7) is 0. The maximum absolute atomic E-state index is 13.5. The van der Waals surface area contributed by atoms with Crippen molar-refractivity contribution >= 4 is 29.6 Å².